The Bertz CT molecular complexity index is 941. The Morgan fingerprint density at radius 1 is 0.586 bits per heavy atom. The van der Waals surface area contributed by atoms with Crippen LogP contribution in [0.1, 0.15) is 37.8 Å². The minimum absolute atomic E-state index is 0. The molecule has 5 rings (SSSR count). The fourth-order valence-corrected chi connectivity index (χ4v) is 28.8. The smallest absolute Gasteiger partial charge is 1.00 e. The van der Waals surface area contributed by atoms with Gasteiger partial charge in [-0.15, -0.1) is 0 Å². The van der Waals surface area contributed by atoms with Gasteiger partial charge >= 0.3 is 168 Å². The van der Waals surface area contributed by atoms with Crippen molar-refractivity contribution in [1.82, 2.24) is 0 Å². The van der Waals surface area contributed by atoms with Crippen molar-refractivity contribution in [2.24, 2.45) is 0 Å². The summed E-state index contributed by atoms with van der Waals surface area (Å²) >= 11 is -2.45. The maximum absolute atomic E-state index is 2.49. The monoisotopic (exact) mass is 588 g/mol. The van der Waals surface area contributed by atoms with Crippen LogP contribution in [0.5, 0.6) is 0 Å². The number of rotatable bonds is 4. The third kappa shape index (κ3) is 4.07. The zero-order valence-electron chi connectivity index (χ0n) is 17.0. The van der Waals surface area contributed by atoms with E-state index in [1.807, 2.05) is 6.66 Å². The summed E-state index contributed by atoms with van der Waals surface area (Å²) < 4.78 is 6.88. The molecule has 1 aliphatic heterocycles. The molecular formula is C26H26Cl2Hf. The Hall–Kier alpha value is -1.15. The Kier molecular flexibility index (Phi) is 6.93. The number of allylic oxidation sites excluding steroid dienone is 8. The van der Waals surface area contributed by atoms with E-state index in [4.69, 9.17) is 0 Å². The summed E-state index contributed by atoms with van der Waals surface area (Å²) in [6, 6.07) is 22.0. The van der Waals surface area contributed by atoms with Crippen LogP contribution in [0.2, 0.25) is 8.35 Å². The van der Waals surface area contributed by atoms with E-state index < -0.39 is 20.0 Å². The summed E-state index contributed by atoms with van der Waals surface area (Å²) in [6.45, 7) is 4.75. The molecule has 1 heterocycles. The van der Waals surface area contributed by atoms with E-state index in [1.54, 1.807) is 22.3 Å². The van der Waals surface area contributed by atoms with Gasteiger partial charge in [-0.2, -0.15) is 0 Å². The summed E-state index contributed by atoms with van der Waals surface area (Å²) in [6.07, 6.45) is 7.41. The standard InChI is InChI=1S/2C12H11.C2H4.2ClH.Hf/c2*1-10-7-8-12(9-10)11-5-3-2-4-6-11;1-2;;;/h2*2-6,9H,8H2,1H3;1-2H2;2*1H;/q;;;;;+2/p-2. The summed E-state index contributed by atoms with van der Waals surface area (Å²) in [7, 11) is 0. The first-order valence-electron chi connectivity index (χ1n) is 10.1. The summed E-state index contributed by atoms with van der Waals surface area (Å²) in [5.41, 5.74) is 9.11. The average Bonchev–Trinajstić information content (AvgIpc) is 3.25. The van der Waals surface area contributed by atoms with Crippen LogP contribution in [-0.4, -0.2) is 0 Å². The first kappa shape index (κ1) is 22.5. The first-order chi connectivity index (χ1) is 13.2. The van der Waals surface area contributed by atoms with E-state index >= 15 is 0 Å². The summed E-state index contributed by atoms with van der Waals surface area (Å²) in [5.74, 6) is 0. The van der Waals surface area contributed by atoms with Gasteiger partial charge in [0.25, 0.3) is 0 Å². The van der Waals surface area contributed by atoms with Crippen LogP contribution in [0, 0.1) is 0 Å². The Balaban J connectivity index is 0.00000120. The van der Waals surface area contributed by atoms with E-state index in [2.05, 4.69) is 86.7 Å². The minimum Gasteiger partial charge on any atom is -1.00 e. The molecule has 0 nitrogen and oxygen atoms in total. The van der Waals surface area contributed by atoms with Crippen molar-refractivity contribution >= 4 is 11.1 Å². The quantitative estimate of drug-likeness (QED) is 0.476. The van der Waals surface area contributed by atoms with Crippen LogP contribution in [0.25, 0.3) is 11.1 Å². The van der Waals surface area contributed by atoms with Gasteiger partial charge in [0.05, 0.1) is 0 Å². The minimum atomic E-state index is -2.45. The molecule has 1 saturated heterocycles. The second-order valence-electron chi connectivity index (χ2n) is 8.33. The van der Waals surface area contributed by atoms with Crippen molar-refractivity contribution in [2.75, 3.05) is 0 Å². The molecule has 0 bridgehead atoms. The molecule has 0 spiro atoms. The normalized spacial score (nSPS) is 18.3. The van der Waals surface area contributed by atoms with Crippen molar-refractivity contribution in [3.05, 3.63) is 102 Å². The molecule has 3 aliphatic rings. The second-order valence-corrected chi connectivity index (χ2v) is 24.0. The van der Waals surface area contributed by atoms with E-state index in [0.29, 0.717) is 0 Å². The first-order valence-corrected chi connectivity index (χ1v) is 18.8. The van der Waals surface area contributed by atoms with Gasteiger partial charge in [-0.1, -0.05) is 0 Å². The SMILES string of the molecule is CC1=[C]([Hf+2]2([C]3=C(C)C=C(c4ccccc4)C3)[CH2][CH2]2)CC(c2ccccc2)=C1.[Cl-].[Cl-]. The fraction of sp³-hybridized carbons (Fsp3) is 0.231. The number of hydrogen-bond donors (Lipinski definition) is 0. The zero-order chi connectivity index (χ0) is 18.4. The Labute approximate surface area is 191 Å². The molecule has 148 valence electrons. The third-order valence-electron chi connectivity index (χ3n) is 6.66. The van der Waals surface area contributed by atoms with E-state index in [-0.39, 0.29) is 24.8 Å². The molecule has 0 amide bonds. The van der Waals surface area contributed by atoms with Crippen LogP contribution < -0.4 is 24.8 Å². The van der Waals surface area contributed by atoms with Gasteiger partial charge in [-0.25, -0.2) is 0 Å². The topological polar surface area (TPSA) is 0 Å². The largest absolute Gasteiger partial charge is 1.00 e. The van der Waals surface area contributed by atoms with Crippen molar-refractivity contribution in [2.45, 2.75) is 35.0 Å². The molecule has 2 aromatic carbocycles. The van der Waals surface area contributed by atoms with Gasteiger partial charge in [0.15, 0.2) is 0 Å². The van der Waals surface area contributed by atoms with Crippen LogP contribution in [0.3, 0.4) is 0 Å². The molecule has 0 saturated carbocycles. The Morgan fingerprint density at radius 3 is 1.31 bits per heavy atom. The van der Waals surface area contributed by atoms with Crippen molar-refractivity contribution in [3.8, 4) is 0 Å². The predicted octanol–water partition coefficient (Wildman–Crippen LogP) is 1.52. The van der Waals surface area contributed by atoms with Gasteiger partial charge in [0, 0.05) is 0 Å². The van der Waals surface area contributed by atoms with Gasteiger partial charge < -0.3 is 24.8 Å². The van der Waals surface area contributed by atoms with Gasteiger partial charge in [0.2, 0.25) is 0 Å². The van der Waals surface area contributed by atoms with Crippen molar-refractivity contribution < 1.29 is 44.8 Å². The third-order valence-corrected chi connectivity index (χ3v) is 24.5. The molecular weight excluding hydrogens is 562 g/mol. The number of hydrogen-bond acceptors (Lipinski definition) is 0. The van der Waals surface area contributed by atoms with E-state index in [9.17, 15) is 0 Å². The van der Waals surface area contributed by atoms with Crippen LogP contribution in [0.15, 0.2) is 90.6 Å². The van der Waals surface area contributed by atoms with Crippen molar-refractivity contribution in [1.29, 1.82) is 0 Å². The maximum Gasteiger partial charge on any atom is -1.00 e. The molecule has 1 fully saturated rings. The number of benzene rings is 2. The Morgan fingerprint density at radius 2 is 0.966 bits per heavy atom. The molecule has 2 aliphatic carbocycles. The van der Waals surface area contributed by atoms with Crippen LogP contribution >= 0.6 is 0 Å². The van der Waals surface area contributed by atoms with Gasteiger partial charge in [0.1, 0.15) is 0 Å². The zero-order valence-corrected chi connectivity index (χ0v) is 22.1. The maximum atomic E-state index is 2.49. The molecule has 0 N–H and O–H groups in total. The summed E-state index contributed by atoms with van der Waals surface area (Å²) in [5, 5.41) is 0. The number of halogens is 2. The molecule has 29 heavy (non-hydrogen) atoms. The molecule has 3 heteroatoms. The molecule has 0 aromatic heterocycles. The van der Waals surface area contributed by atoms with E-state index in [0.717, 1.165) is 0 Å². The molecule has 0 atom stereocenters. The van der Waals surface area contributed by atoms with Gasteiger partial charge in [-0.3, -0.25) is 0 Å². The molecule has 0 radical (unpaired) electrons. The fourth-order valence-electron chi connectivity index (χ4n) is 5.14. The average molecular weight is 588 g/mol. The van der Waals surface area contributed by atoms with E-state index in [1.165, 1.54) is 32.3 Å². The van der Waals surface area contributed by atoms with Gasteiger partial charge in [-0.05, 0) is 0 Å². The predicted molar refractivity (Wildman–Crippen MR) is 113 cm³/mol. The van der Waals surface area contributed by atoms with Crippen LogP contribution in [-0.2, 0) is 20.0 Å². The van der Waals surface area contributed by atoms with Crippen LogP contribution in [0.4, 0.5) is 0 Å². The second kappa shape index (κ2) is 8.92. The molecule has 2 aromatic rings. The molecule has 0 unspecified atom stereocenters. The summed E-state index contributed by atoms with van der Waals surface area (Å²) in [4.78, 5) is 0. The van der Waals surface area contributed by atoms with Crippen molar-refractivity contribution in [3.63, 3.8) is 0 Å².